The van der Waals surface area contributed by atoms with Crippen molar-refractivity contribution in [3.05, 3.63) is 59.7 Å². The monoisotopic (exact) mass is 362 g/mol. The van der Waals surface area contributed by atoms with Crippen LogP contribution in [0.2, 0.25) is 0 Å². The number of benzene rings is 2. The van der Waals surface area contributed by atoms with E-state index in [0.29, 0.717) is 6.61 Å². The highest BCUT2D eigenvalue weighted by molar-refractivity contribution is 5.41. The first-order chi connectivity index (χ1) is 12.2. The summed E-state index contributed by atoms with van der Waals surface area (Å²) in [5.41, 5.74) is 2.10. The molecule has 0 heterocycles. The molecule has 0 spiro atoms. The van der Waals surface area contributed by atoms with Crippen molar-refractivity contribution < 1.29 is 25.2 Å². The Morgan fingerprint density at radius 3 is 1.54 bits per heavy atom. The summed E-state index contributed by atoms with van der Waals surface area (Å²) in [6, 6.07) is 14.4. The molecule has 144 valence electrons. The van der Waals surface area contributed by atoms with E-state index < -0.39 is 6.10 Å². The van der Waals surface area contributed by atoms with E-state index in [-0.39, 0.29) is 29.6 Å². The molecule has 2 atom stereocenters. The van der Waals surface area contributed by atoms with Crippen molar-refractivity contribution in [2.75, 3.05) is 13.2 Å². The Kier molecular flexibility index (Phi) is 8.58. The lowest BCUT2D eigenvalue weighted by molar-refractivity contribution is -0.0177. The molecule has 0 amide bonds. The van der Waals surface area contributed by atoms with E-state index in [1.807, 2.05) is 24.3 Å². The third kappa shape index (κ3) is 7.04. The Morgan fingerprint density at radius 1 is 0.846 bits per heavy atom. The fourth-order valence-corrected chi connectivity index (χ4v) is 2.28. The highest BCUT2D eigenvalue weighted by Gasteiger charge is 2.22. The van der Waals surface area contributed by atoms with Gasteiger partial charge >= 0.3 is 0 Å². The maximum absolute atomic E-state index is 9.30. The van der Waals surface area contributed by atoms with Gasteiger partial charge in [0.05, 0.1) is 25.4 Å². The quantitative estimate of drug-likeness (QED) is 0.634. The topological polar surface area (TPSA) is 90.2 Å². The molecule has 0 radical (unpaired) electrons. The fraction of sp³-hybridized carbons (Fsp3) is 0.429. The molecule has 0 aliphatic heterocycles. The van der Waals surface area contributed by atoms with Gasteiger partial charge in [0, 0.05) is 5.41 Å². The summed E-state index contributed by atoms with van der Waals surface area (Å²) < 4.78 is 4.95. The Bertz CT molecular complexity index is 585. The van der Waals surface area contributed by atoms with Crippen LogP contribution in [0.1, 0.15) is 38.8 Å². The van der Waals surface area contributed by atoms with Crippen LogP contribution in [0.4, 0.5) is 0 Å². The summed E-state index contributed by atoms with van der Waals surface area (Å²) in [6.45, 7) is 7.93. The summed E-state index contributed by atoms with van der Waals surface area (Å²) in [6.07, 6.45) is -0.612. The van der Waals surface area contributed by atoms with E-state index in [9.17, 15) is 10.2 Å². The van der Waals surface area contributed by atoms with Gasteiger partial charge < -0.3 is 25.2 Å². The second-order valence-electron chi connectivity index (χ2n) is 6.89. The van der Waals surface area contributed by atoms with Crippen LogP contribution in [0.3, 0.4) is 0 Å². The van der Waals surface area contributed by atoms with Gasteiger partial charge in [0.25, 0.3) is 0 Å². The van der Waals surface area contributed by atoms with E-state index in [0.717, 1.165) is 11.1 Å². The standard InChI is InChI=1S/C15H16O2.C6H14O3/c1-15(2,11-3-7-13(16)8-4-11)12-5-9-14(17)10-6-12;1-5(8)4-9-6(2)3-7/h3-10,16-17H,1-2H3;5-8H,3-4H2,1-2H3. The molecule has 26 heavy (non-hydrogen) atoms. The summed E-state index contributed by atoms with van der Waals surface area (Å²) in [7, 11) is 0. The van der Waals surface area contributed by atoms with E-state index in [2.05, 4.69) is 13.8 Å². The molecule has 2 aromatic carbocycles. The van der Waals surface area contributed by atoms with Gasteiger partial charge in [-0.1, -0.05) is 38.1 Å². The Morgan fingerprint density at radius 2 is 1.23 bits per heavy atom. The lowest BCUT2D eigenvalue weighted by Crippen LogP contribution is -2.19. The second kappa shape index (κ2) is 10.2. The van der Waals surface area contributed by atoms with Gasteiger partial charge in [0.2, 0.25) is 0 Å². The highest BCUT2D eigenvalue weighted by atomic mass is 16.5. The van der Waals surface area contributed by atoms with Crippen molar-refractivity contribution in [3.63, 3.8) is 0 Å². The first kappa shape index (κ1) is 22.0. The van der Waals surface area contributed by atoms with E-state index in [4.69, 9.17) is 14.9 Å². The molecule has 4 N–H and O–H groups in total. The van der Waals surface area contributed by atoms with Crippen LogP contribution in [0, 0.1) is 0 Å². The van der Waals surface area contributed by atoms with Crippen molar-refractivity contribution in [2.24, 2.45) is 0 Å². The van der Waals surface area contributed by atoms with Crippen LogP contribution in [0.5, 0.6) is 11.5 Å². The first-order valence-electron chi connectivity index (χ1n) is 8.66. The number of aliphatic hydroxyl groups is 2. The molecule has 5 nitrogen and oxygen atoms in total. The molecule has 5 heteroatoms. The molecule has 2 unspecified atom stereocenters. The zero-order valence-electron chi connectivity index (χ0n) is 15.9. The van der Waals surface area contributed by atoms with Crippen molar-refractivity contribution in [1.29, 1.82) is 0 Å². The van der Waals surface area contributed by atoms with Crippen LogP contribution < -0.4 is 0 Å². The zero-order chi connectivity index (χ0) is 19.7. The maximum Gasteiger partial charge on any atom is 0.115 e. The lowest BCUT2D eigenvalue weighted by Gasteiger charge is -2.26. The highest BCUT2D eigenvalue weighted by Crippen LogP contribution is 2.32. The number of hydrogen-bond donors (Lipinski definition) is 4. The normalized spacial score (nSPS) is 13.5. The predicted octanol–water partition coefficient (Wildman–Crippen LogP) is 3.19. The average Bonchev–Trinajstić information content (AvgIpc) is 2.61. The number of phenols is 2. The molecule has 0 saturated heterocycles. The van der Waals surface area contributed by atoms with Gasteiger partial charge in [-0.05, 0) is 49.2 Å². The summed E-state index contributed by atoms with van der Waals surface area (Å²) in [4.78, 5) is 0. The molecular formula is C21H30O5. The Hall–Kier alpha value is -2.08. The first-order valence-corrected chi connectivity index (χ1v) is 8.66. The summed E-state index contributed by atoms with van der Waals surface area (Å²) in [5.74, 6) is 0.547. The third-order valence-electron chi connectivity index (χ3n) is 4.06. The molecule has 2 rings (SSSR count). The minimum absolute atomic E-state index is 0.00667. The van der Waals surface area contributed by atoms with Crippen molar-refractivity contribution in [2.45, 2.75) is 45.3 Å². The smallest absolute Gasteiger partial charge is 0.115 e. The number of aromatic hydroxyl groups is 2. The van der Waals surface area contributed by atoms with Gasteiger partial charge in [0.1, 0.15) is 11.5 Å². The molecule has 0 bridgehead atoms. The zero-order valence-corrected chi connectivity index (χ0v) is 15.9. The number of aliphatic hydroxyl groups excluding tert-OH is 2. The molecule has 0 aromatic heterocycles. The third-order valence-corrected chi connectivity index (χ3v) is 4.06. The van der Waals surface area contributed by atoms with Gasteiger partial charge in [0.15, 0.2) is 0 Å². The SMILES string of the molecule is CC(C)(c1ccc(O)cc1)c1ccc(O)cc1.CC(O)COC(C)CO. The average molecular weight is 362 g/mol. The number of rotatable bonds is 6. The van der Waals surface area contributed by atoms with Crippen LogP contribution in [0.25, 0.3) is 0 Å². The van der Waals surface area contributed by atoms with Crippen LogP contribution in [0.15, 0.2) is 48.5 Å². The van der Waals surface area contributed by atoms with Gasteiger partial charge in [-0.15, -0.1) is 0 Å². The van der Waals surface area contributed by atoms with Crippen LogP contribution in [-0.4, -0.2) is 45.8 Å². The summed E-state index contributed by atoms with van der Waals surface area (Å²) >= 11 is 0. The van der Waals surface area contributed by atoms with Gasteiger partial charge in [-0.3, -0.25) is 0 Å². The number of ether oxygens (including phenoxy) is 1. The lowest BCUT2D eigenvalue weighted by atomic mass is 9.78. The molecule has 0 fully saturated rings. The van der Waals surface area contributed by atoms with E-state index >= 15 is 0 Å². The number of phenolic OH excluding ortho intramolecular Hbond substituents is 2. The number of hydrogen-bond acceptors (Lipinski definition) is 5. The van der Waals surface area contributed by atoms with Crippen LogP contribution >= 0.6 is 0 Å². The second-order valence-corrected chi connectivity index (χ2v) is 6.89. The molecule has 0 aliphatic rings. The fourth-order valence-electron chi connectivity index (χ4n) is 2.28. The largest absolute Gasteiger partial charge is 0.508 e. The molecule has 0 saturated carbocycles. The van der Waals surface area contributed by atoms with Crippen molar-refractivity contribution in [1.82, 2.24) is 0 Å². The van der Waals surface area contributed by atoms with E-state index in [1.54, 1.807) is 38.1 Å². The van der Waals surface area contributed by atoms with Crippen LogP contribution in [-0.2, 0) is 10.2 Å². The minimum Gasteiger partial charge on any atom is -0.508 e. The Balaban J connectivity index is 0.000000321. The molecular weight excluding hydrogens is 332 g/mol. The predicted molar refractivity (Wildman–Crippen MR) is 103 cm³/mol. The summed E-state index contributed by atoms with van der Waals surface area (Å²) in [5, 5.41) is 35.7. The van der Waals surface area contributed by atoms with E-state index in [1.165, 1.54) is 0 Å². The molecule has 0 aliphatic carbocycles. The van der Waals surface area contributed by atoms with Gasteiger partial charge in [-0.2, -0.15) is 0 Å². The maximum atomic E-state index is 9.30. The Labute approximate surface area is 155 Å². The van der Waals surface area contributed by atoms with Crippen molar-refractivity contribution >= 4 is 0 Å². The van der Waals surface area contributed by atoms with Crippen molar-refractivity contribution in [3.8, 4) is 11.5 Å². The molecule has 2 aromatic rings. The van der Waals surface area contributed by atoms with Gasteiger partial charge in [-0.25, -0.2) is 0 Å². The minimum atomic E-state index is -0.445.